The minimum Gasteiger partial charge on any atom is -0.399 e. The number of aromatic amines is 1. The van der Waals surface area contributed by atoms with Gasteiger partial charge in [-0.15, -0.1) is 0 Å². The fourth-order valence-corrected chi connectivity index (χ4v) is 2.55. The molecular formula is C14H17N5O2. The molecule has 1 saturated heterocycles. The van der Waals surface area contributed by atoms with Crippen LogP contribution in [0.2, 0.25) is 0 Å². The van der Waals surface area contributed by atoms with Crippen LogP contribution in [-0.4, -0.2) is 40.4 Å². The normalized spacial score (nSPS) is 19.0. The van der Waals surface area contributed by atoms with Gasteiger partial charge in [0.15, 0.2) is 0 Å². The predicted octanol–water partition coefficient (Wildman–Crippen LogP) is 0.538. The number of H-pyrrole nitrogens is 1. The molecule has 1 fully saturated rings. The number of likely N-dealkylation sites (tertiary alicyclic amines) is 1. The minimum atomic E-state index is -0.227. The molecule has 0 bridgehead atoms. The van der Waals surface area contributed by atoms with E-state index in [1.807, 2.05) is 0 Å². The van der Waals surface area contributed by atoms with E-state index in [0.717, 1.165) is 6.42 Å². The number of carbonyl (C=O) groups is 1. The molecule has 21 heavy (non-hydrogen) atoms. The first-order chi connectivity index (χ1) is 10.0. The summed E-state index contributed by atoms with van der Waals surface area (Å²) in [6.45, 7) is 0.600. The number of nitrogens with one attached hydrogen (secondary N) is 2. The molecule has 1 aliphatic rings. The van der Waals surface area contributed by atoms with Gasteiger partial charge in [-0.25, -0.2) is 4.98 Å². The van der Waals surface area contributed by atoms with Crippen LogP contribution in [-0.2, 0) is 4.79 Å². The number of hydrogen-bond donors (Lipinski definition) is 3. The van der Waals surface area contributed by atoms with Crippen molar-refractivity contribution in [1.29, 1.82) is 0 Å². The van der Waals surface area contributed by atoms with Gasteiger partial charge >= 0.3 is 0 Å². The van der Waals surface area contributed by atoms with E-state index in [0.29, 0.717) is 35.5 Å². The first-order valence-electron chi connectivity index (χ1n) is 6.83. The highest BCUT2D eigenvalue weighted by Crippen LogP contribution is 2.16. The number of likely N-dealkylation sites (N-methyl/N-ethyl adjacent to an activating group) is 1. The summed E-state index contributed by atoms with van der Waals surface area (Å²) in [5, 5.41) is 3.66. The Hall–Kier alpha value is -2.57. The second-order valence-corrected chi connectivity index (χ2v) is 5.35. The maximum atomic E-state index is 12.1. The van der Waals surface area contributed by atoms with Crippen LogP contribution < -0.4 is 16.6 Å². The second-order valence-electron chi connectivity index (χ2n) is 5.35. The molecule has 110 valence electrons. The third-order valence-electron chi connectivity index (χ3n) is 3.70. The van der Waals surface area contributed by atoms with Crippen LogP contribution in [0.3, 0.4) is 0 Å². The molecule has 0 saturated carbocycles. The molecule has 0 aliphatic carbocycles. The van der Waals surface area contributed by atoms with Gasteiger partial charge < -0.3 is 16.0 Å². The Labute approximate surface area is 121 Å². The lowest BCUT2D eigenvalue weighted by molar-refractivity contribution is -0.132. The molecule has 7 nitrogen and oxygen atoms in total. The molecule has 1 unspecified atom stereocenters. The zero-order valence-electron chi connectivity index (χ0n) is 11.7. The van der Waals surface area contributed by atoms with Gasteiger partial charge in [-0.3, -0.25) is 14.6 Å². The molecule has 2 aromatic rings. The Morgan fingerprint density at radius 1 is 1.43 bits per heavy atom. The highest BCUT2D eigenvalue weighted by atomic mass is 16.2. The monoisotopic (exact) mass is 287 g/mol. The number of benzene rings is 1. The van der Waals surface area contributed by atoms with Gasteiger partial charge in [-0.05, 0) is 24.6 Å². The van der Waals surface area contributed by atoms with Crippen LogP contribution in [0.1, 0.15) is 12.8 Å². The van der Waals surface area contributed by atoms with E-state index in [4.69, 9.17) is 5.73 Å². The van der Waals surface area contributed by atoms with Crippen molar-refractivity contribution in [1.82, 2.24) is 14.9 Å². The Bertz CT molecular complexity index is 755. The number of amides is 1. The quantitative estimate of drug-likeness (QED) is 0.699. The fourth-order valence-electron chi connectivity index (χ4n) is 2.55. The van der Waals surface area contributed by atoms with Gasteiger partial charge in [-0.2, -0.15) is 0 Å². The molecule has 1 aliphatic heterocycles. The minimum absolute atomic E-state index is 0.0853. The van der Waals surface area contributed by atoms with Crippen molar-refractivity contribution in [2.45, 2.75) is 18.9 Å². The second kappa shape index (κ2) is 5.08. The van der Waals surface area contributed by atoms with Crippen molar-refractivity contribution in [3.63, 3.8) is 0 Å². The number of anilines is 2. The van der Waals surface area contributed by atoms with Gasteiger partial charge in [0.1, 0.15) is 0 Å². The van der Waals surface area contributed by atoms with E-state index in [2.05, 4.69) is 15.3 Å². The molecule has 0 radical (unpaired) electrons. The smallest absolute Gasteiger partial charge is 0.260 e. The summed E-state index contributed by atoms with van der Waals surface area (Å²) in [5.41, 5.74) is 6.57. The van der Waals surface area contributed by atoms with E-state index >= 15 is 0 Å². The van der Waals surface area contributed by atoms with Gasteiger partial charge in [0, 0.05) is 31.7 Å². The lowest BCUT2D eigenvalue weighted by Crippen LogP contribution is -2.43. The molecule has 0 spiro atoms. The number of piperidine rings is 1. The van der Waals surface area contributed by atoms with E-state index < -0.39 is 0 Å². The highest BCUT2D eigenvalue weighted by Gasteiger charge is 2.23. The molecule has 1 aromatic carbocycles. The van der Waals surface area contributed by atoms with E-state index in [1.165, 1.54) is 0 Å². The number of nitrogen functional groups attached to an aromatic ring is 1. The van der Waals surface area contributed by atoms with Gasteiger partial charge in [0.05, 0.1) is 10.9 Å². The largest absolute Gasteiger partial charge is 0.399 e. The fraction of sp³-hybridized carbons (Fsp3) is 0.357. The maximum absolute atomic E-state index is 12.1. The summed E-state index contributed by atoms with van der Waals surface area (Å²) >= 11 is 0. The van der Waals surface area contributed by atoms with Crippen molar-refractivity contribution in [2.24, 2.45) is 0 Å². The zero-order valence-corrected chi connectivity index (χ0v) is 11.7. The highest BCUT2D eigenvalue weighted by molar-refractivity contribution is 5.82. The molecule has 7 heteroatoms. The summed E-state index contributed by atoms with van der Waals surface area (Å²) in [6, 6.07) is 5.13. The zero-order chi connectivity index (χ0) is 15.0. The number of carbonyl (C=O) groups excluding carboxylic acids is 1. The van der Waals surface area contributed by atoms with Crippen molar-refractivity contribution in [3.05, 3.63) is 28.6 Å². The van der Waals surface area contributed by atoms with E-state index in [9.17, 15) is 9.59 Å². The van der Waals surface area contributed by atoms with Crippen LogP contribution in [0.4, 0.5) is 11.6 Å². The number of fused-ring (bicyclic) bond motifs is 1. The molecule has 3 rings (SSSR count). The standard InChI is InChI=1S/C14H17N5O2/c1-19-7-9(3-5-12(19)20)16-14-17-11-4-2-8(15)6-10(11)13(21)18-14/h2,4,6,9H,3,5,7,15H2,1H3,(H2,16,17,18,21). The average Bonchev–Trinajstić information content (AvgIpc) is 2.44. The third-order valence-corrected chi connectivity index (χ3v) is 3.70. The molecule has 2 heterocycles. The number of nitrogens with two attached hydrogens (primary N) is 1. The van der Waals surface area contributed by atoms with Crippen LogP contribution >= 0.6 is 0 Å². The first-order valence-corrected chi connectivity index (χ1v) is 6.83. The van der Waals surface area contributed by atoms with Crippen molar-refractivity contribution in [2.75, 3.05) is 24.6 Å². The Morgan fingerprint density at radius 3 is 3.00 bits per heavy atom. The van der Waals surface area contributed by atoms with Gasteiger partial charge in [0.25, 0.3) is 5.56 Å². The van der Waals surface area contributed by atoms with Crippen molar-refractivity contribution < 1.29 is 4.79 Å². The first kappa shape index (κ1) is 13.4. The SMILES string of the molecule is CN1CC(Nc2nc3ccc(N)cc3c(=O)[nH]2)CCC1=O. The molecular weight excluding hydrogens is 270 g/mol. The number of nitrogens with zero attached hydrogens (tertiary/aromatic N) is 2. The van der Waals surface area contributed by atoms with Gasteiger partial charge in [0.2, 0.25) is 11.9 Å². The summed E-state index contributed by atoms with van der Waals surface area (Å²) < 4.78 is 0. The number of aromatic nitrogens is 2. The number of rotatable bonds is 2. The van der Waals surface area contributed by atoms with E-state index in [-0.39, 0.29) is 17.5 Å². The Morgan fingerprint density at radius 2 is 2.24 bits per heavy atom. The van der Waals surface area contributed by atoms with Crippen LogP contribution in [0.25, 0.3) is 10.9 Å². The lowest BCUT2D eigenvalue weighted by Gasteiger charge is -2.30. The van der Waals surface area contributed by atoms with Crippen LogP contribution in [0.5, 0.6) is 0 Å². The Balaban J connectivity index is 1.86. The van der Waals surface area contributed by atoms with Crippen LogP contribution in [0.15, 0.2) is 23.0 Å². The Kier molecular flexibility index (Phi) is 3.25. The van der Waals surface area contributed by atoms with Crippen LogP contribution in [0, 0.1) is 0 Å². The van der Waals surface area contributed by atoms with Crippen molar-refractivity contribution >= 4 is 28.4 Å². The van der Waals surface area contributed by atoms with Crippen molar-refractivity contribution in [3.8, 4) is 0 Å². The average molecular weight is 287 g/mol. The summed E-state index contributed by atoms with van der Waals surface area (Å²) in [6.07, 6.45) is 1.23. The summed E-state index contributed by atoms with van der Waals surface area (Å²) in [4.78, 5) is 32.3. The predicted molar refractivity (Wildman–Crippen MR) is 81.1 cm³/mol. The molecule has 4 N–H and O–H groups in total. The molecule has 1 amide bonds. The topological polar surface area (TPSA) is 104 Å². The van der Waals surface area contributed by atoms with Gasteiger partial charge in [-0.1, -0.05) is 0 Å². The number of hydrogen-bond acceptors (Lipinski definition) is 5. The summed E-state index contributed by atoms with van der Waals surface area (Å²) in [7, 11) is 1.77. The third kappa shape index (κ3) is 2.67. The molecule has 1 atom stereocenters. The summed E-state index contributed by atoms with van der Waals surface area (Å²) in [5.74, 6) is 0.563. The lowest BCUT2D eigenvalue weighted by atomic mass is 10.1. The molecule has 1 aromatic heterocycles. The maximum Gasteiger partial charge on any atom is 0.260 e. The van der Waals surface area contributed by atoms with E-state index in [1.54, 1.807) is 30.1 Å².